The molecule has 0 fully saturated rings. The van der Waals surface area contributed by atoms with E-state index in [0.29, 0.717) is 79.5 Å². The fourth-order valence-corrected chi connectivity index (χ4v) is 6.17. The van der Waals surface area contributed by atoms with Gasteiger partial charge in [0.25, 0.3) is 0 Å². The van der Waals surface area contributed by atoms with Gasteiger partial charge in [0.2, 0.25) is 0 Å². The van der Waals surface area contributed by atoms with E-state index in [1.165, 1.54) is 41.3 Å². The first-order chi connectivity index (χ1) is 30.3. The molecule has 66 heavy (non-hydrogen) atoms. The van der Waals surface area contributed by atoms with Gasteiger partial charge in [0.15, 0.2) is 0 Å². The van der Waals surface area contributed by atoms with Crippen molar-refractivity contribution in [3.8, 4) is 0 Å². The lowest BCUT2D eigenvalue weighted by Gasteiger charge is -2.20. The molecule has 0 aliphatic heterocycles. The van der Waals surface area contributed by atoms with Crippen LogP contribution >= 0.6 is 0 Å². The van der Waals surface area contributed by atoms with E-state index in [-0.39, 0.29) is 41.7 Å². The molecule has 0 heterocycles. The third kappa shape index (κ3) is 18.1. The molecule has 0 bridgehead atoms. The number of rotatable bonds is 8. The van der Waals surface area contributed by atoms with Gasteiger partial charge in [-0.3, -0.25) is 4.79 Å². The van der Waals surface area contributed by atoms with Crippen molar-refractivity contribution >= 4 is 23.9 Å². The fraction of sp³-hybridized carbons (Fsp3) is 0.488. The number of benzene rings is 2. The summed E-state index contributed by atoms with van der Waals surface area (Å²) in [5.74, 6) is -1.53. The zero-order valence-corrected chi connectivity index (χ0v) is 35.9. The number of hydrogen-bond acceptors (Lipinski definition) is 11. The van der Waals surface area contributed by atoms with E-state index in [1.54, 1.807) is 12.2 Å². The van der Waals surface area contributed by atoms with E-state index in [4.69, 9.17) is 19.7 Å². The molecule has 2 aromatic rings. The standard InChI is InChI=1S/C17H16F6O3.C10H8F6O.C9H12O4.C7H10O3/c1-9(26-14-4-3-10(7-14)15(24)25-2)11-5-12(16(18,19)20)8-13(6-11)17(21,22)23;1-5(17)6-2-7(9(11,12)13)4-8(3-6)10(14,15)16;1-6(10)13-8-4-3-7(5-8)9(11)12-2;1-10-7(9)5-2-3-6(8)4-5/h5-9,14H,3-4H2,1-2H3;2-5,17H,1H3;5,8H,3-4H2,1-2H3;4,6,8H,2-3H2,1H3/t9-,14+;5-;8-;6-/m1100/s1. The van der Waals surface area contributed by atoms with Crippen molar-refractivity contribution in [2.24, 2.45) is 0 Å². The Kier molecular flexibility index (Phi) is 20.5. The monoisotopic (exact) mass is 966 g/mol. The Hall–Kier alpha value is -5.42. The lowest BCUT2D eigenvalue weighted by Crippen LogP contribution is -2.15. The first-order valence-corrected chi connectivity index (χ1v) is 19.4. The van der Waals surface area contributed by atoms with E-state index in [9.17, 15) is 71.9 Å². The van der Waals surface area contributed by atoms with Crippen LogP contribution in [0.25, 0.3) is 0 Å². The van der Waals surface area contributed by atoms with Gasteiger partial charge in [-0.25, -0.2) is 14.4 Å². The number of halogens is 12. The summed E-state index contributed by atoms with van der Waals surface area (Å²) in [6.07, 6.45) is -15.4. The molecule has 0 amide bonds. The minimum absolute atomic E-state index is 0.0197. The quantitative estimate of drug-likeness (QED) is 0.148. The van der Waals surface area contributed by atoms with Gasteiger partial charge >= 0.3 is 48.6 Å². The van der Waals surface area contributed by atoms with Crippen LogP contribution < -0.4 is 0 Å². The summed E-state index contributed by atoms with van der Waals surface area (Å²) in [7, 11) is 3.89. The molecule has 5 atom stereocenters. The maximum absolute atomic E-state index is 12.9. The minimum Gasteiger partial charge on any atom is -0.466 e. The van der Waals surface area contributed by atoms with Crippen LogP contribution in [-0.2, 0) is 67.6 Å². The van der Waals surface area contributed by atoms with Crippen molar-refractivity contribution in [1.29, 1.82) is 0 Å². The minimum atomic E-state index is -4.92. The molecule has 23 heteroatoms. The molecule has 11 nitrogen and oxygen atoms in total. The molecule has 0 radical (unpaired) electrons. The number of carbonyl (C=O) groups is 4. The zero-order valence-electron chi connectivity index (χ0n) is 35.9. The van der Waals surface area contributed by atoms with E-state index in [2.05, 4.69) is 14.2 Å². The Balaban J connectivity index is 0.000000323. The molecule has 0 saturated heterocycles. The normalized spacial score (nSPS) is 19.2. The van der Waals surface area contributed by atoms with E-state index < -0.39 is 82.9 Å². The van der Waals surface area contributed by atoms with Crippen LogP contribution in [0.15, 0.2) is 71.3 Å². The number of alkyl halides is 12. The van der Waals surface area contributed by atoms with Crippen LogP contribution in [0, 0.1) is 0 Å². The van der Waals surface area contributed by atoms with Gasteiger partial charge in [0.05, 0.1) is 68.0 Å². The molecule has 2 N–H and O–H groups in total. The van der Waals surface area contributed by atoms with E-state index in [1.807, 2.05) is 0 Å². The predicted octanol–water partition coefficient (Wildman–Crippen LogP) is 9.89. The van der Waals surface area contributed by atoms with Crippen LogP contribution in [0.1, 0.15) is 105 Å². The Labute approximate surface area is 370 Å². The Morgan fingerprint density at radius 3 is 1.20 bits per heavy atom. The summed E-state index contributed by atoms with van der Waals surface area (Å²) >= 11 is 0. The van der Waals surface area contributed by atoms with Crippen LogP contribution in [0.2, 0.25) is 0 Å². The molecule has 0 aromatic heterocycles. The smallest absolute Gasteiger partial charge is 0.416 e. The predicted molar refractivity (Wildman–Crippen MR) is 206 cm³/mol. The van der Waals surface area contributed by atoms with Crippen molar-refractivity contribution in [2.75, 3.05) is 21.3 Å². The van der Waals surface area contributed by atoms with Crippen molar-refractivity contribution in [3.63, 3.8) is 0 Å². The first-order valence-electron chi connectivity index (χ1n) is 19.4. The lowest BCUT2D eigenvalue weighted by molar-refractivity contribution is -0.145. The van der Waals surface area contributed by atoms with Gasteiger partial charge < -0.3 is 33.9 Å². The van der Waals surface area contributed by atoms with Gasteiger partial charge in [-0.05, 0) is 118 Å². The molecule has 0 saturated carbocycles. The second kappa shape index (κ2) is 23.9. The third-order valence-corrected chi connectivity index (χ3v) is 9.48. The van der Waals surface area contributed by atoms with Crippen LogP contribution in [0.4, 0.5) is 52.7 Å². The van der Waals surface area contributed by atoms with Gasteiger partial charge in [-0.15, -0.1) is 0 Å². The van der Waals surface area contributed by atoms with E-state index in [0.717, 1.165) is 6.92 Å². The molecule has 5 rings (SSSR count). The summed E-state index contributed by atoms with van der Waals surface area (Å²) < 4.78 is 176. The highest BCUT2D eigenvalue weighted by Crippen LogP contribution is 2.40. The fourth-order valence-electron chi connectivity index (χ4n) is 6.17. The SMILES string of the molecule is COC(=O)C1=C[C@@H](O)CC1.COC(=O)C1=C[C@@H](OC(C)=O)CC1.COC(=O)C1=C[C@@H](O[C@H](C)c2cc(C(F)(F)F)cc(C(F)(F)F)c2)CC1.C[C@@H](O)c1cc(C(F)(F)F)cc(C(F)(F)F)c1. The Morgan fingerprint density at radius 2 is 0.879 bits per heavy atom. The van der Waals surface area contributed by atoms with Gasteiger partial charge in [-0.2, -0.15) is 52.7 Å². The summed E-state index contributed by atoms with van der Waals surface area (Å²) in [6, 6.07) is 2.37. The van der Waals surface area contributed by atoms with Crippen molar-refractivity contribution in [1.82, 2.24) is 0 Å². The van der Waals surface area contributed by atoms with E-state index >= 15 is 0 Å². The number of aliphatic hydroxyl groups is 2. The maximum atomic E-state index is 12.9. The van der Waals surface area contributed by atoms with Crippen LogP contribution in [-0.4, -0.2) is 73.7 Å². The highest BCUT2D eigenvalue weighted by Gasteiger charge is 2.39. The van der Waals surface area contributed by atoms with Crippen molar-refractivity contribution < 1.29 is 106 Å². The largest absolute Gasteiger partial charge is 0.466 e. The van der Waals surface area contributed by atoms with Crippen LogP contribution in [0.3, 0.4) is 0 Å². The Bertz CT molecular complexity index is 2040. The highest BCUT2D eigenvalue weighted by molar-refractivity contribution is 5.90. The second-order valence-corrected chi connectivity index (χ2v) is 14.6. The number of hydrogen-bond donors (Lipinski definition) is 2. The first kappa shape index (κ1) is 56.7. The number of carbonyl (C=O) groups excluding carboxylic acids is 4. The summed E-state index contributed by atoms with van der Waals surface area (Å²) in [4.78, 5) is 43.8. The van der Waals surface area contributed by atoms with Gasteiger partial charge in [-0.1, -0.05) is 0 Å². The third-order valence-electron chi connectivity index (χ3n) is 9.48. The summed E-state index contributed by atoms with van der Waals surface area (Å²) in [5, 5.41) is 18.0. The van der Waals surface area contributed by atoms with Gasteiger partial charge in [0, 0.05) is 23.6 Å². The van der Waals surface area contributed by atoms with Gasteiger partial charge in [0.1, 0.15) is 6.10 Å². The average Bonchev–Trinajstić information content (AvgIpc) is 4.01. The molecule has 0 spiro atoms. The molecule has 3 aliphatic carbocycles. The lowest BCUT2D eigenvalue weighted by atomic mass is 10.0. The molecule has 0 unspecified atom stereocenters. The number of methoxy groups -OCH3 is 3. The molecule has 368 valence electrons. The van der Waals surface area contributed by atoms with Crippen molar-refractivity contribution in [2.45, 2.75) is 115 Å². The average molecular weight is 967 g/mol. The Morgan fingerprint density at radius 1 is 0.545 bits per heavy atom. The second-order valence-electron chi connectivity index (χ2n) is 14.6. The topological polar surface area (TPSA) is 155 Å². The molecule has 3 aliphatic rings. The van der Waals surface area contributed by atoms with Crippen LogP contribution in [0.5, 0.6) is 0 Å². The molecular weight excluding hydrogens is 920 g/mol. The summed E-state index contributed by atoms with van der Waals surface area (Å²) in [6.45, 7) is 3.80. The molecular formula is C43H46F12O11. The number of esters is 4. The van der Waals surface area contributed by atoms with Crippen molar-refractivity contribution in [3.05, 3.63) is 105 Å². The number of aliphatic hydroxyl groups excluding tert-OH is 2. The number of ether oxygens (including phenoxy) is 5. The maximum Gasteiger partial charge on any atom is 0.416 e. The summed E-state index contributed by atoms with van der Waals surface area (Å²) in [5.41, 5.74) is -4.76. The molecule has 2 aromatic carbocycles. The zero-order chi connectivity index (χ0) is 50.5. The highest BCUT2D eigenvalue weighted by atomic mass is 19.4.